The summed E-state index contributed by atoms with van der Waals surface area (Å²) < 4.78 is 0. The standard InChI is InChI=1S/C31H41N.C31H37N/c2*1-8-23-14-24(9-2)17-27(16-23)21(6)29-12-20(5)13-30(31(29)32)22(7)28-18-25(10-3)15-26(11-4)19-28/h12-19,21-22H,8-11,32H2,1-7H3;12-19H,6-11,32H2,1-5H3/t21-,22-;/m1./s1. The minimum Gasteiger partial charge on any atom is -0.398 e. The van der Waals surface area contributed by atoms with E-state index in [0.29, 0.717) is 0 Å². The van der Waals surface area contributed by atoms with Crippen LogP contribution in [0.5, 0.6) is 0 Å². The second-order valence-corrected chi connectivity index (χ2v) is 18.1. The van der Waals surface area contributed by atoms with Crippen LogP contribution in [0.1, 0.15) is 181 Å². The van der Waals surface area contributed by atoms with Crippen LogP contribution >= 0.6 is 0 Å². The summed E-state index contributed by atoms with van der Waals surface area (Å²) in [5.41, 5.74) is 40.3. The molecule has 0 spiro atoms. The normalized spacial score (nSPS) is 12.1. The van der Waals surface area contributed by atoms with E-state index in [0.717, 1.165) is 102 Å². The van der Waals surface area contributed by atoms with E-state index in [9.17, 15) is 0 Å². The maximum atomic E-state index is 6.91. The molecule has 64 heavy (non-hydrogen) atoms. The monoisotopic (exact) mass is 851 g/mol. The SMILES string of the molecule is C=C(c1cc(CC)cc(CC)c1)c1cc(C)cc(C(=C)c2cc(CC)cc(CC)c2)c1N.CCc1cc(CC)cc([C@@H](C)c2cc(C)cc([C@H](C)c3cc(CC)cc(CC)c3)c2N)c1. The van der Waals surface area contributed by atoms with Gasteiger partial charge in [-0.15, -0.1) is 0 Å². The highest BCUT2D eigenvalue weighted by Gasteiger charge is 2.21. The molecule has 6 aromatic carbocycles. The maximum absolute atomic E-state index is 6.91. The van der Waals surface area contributed by atoms with Gasteiger partial charge in [-0.2, -0.15) is 0 Å². The Morgan fingerprint density at radius 1 is 0.375 bits per heavy atom. The second kappa shape index (κ2) is 22.3. The molecule has 336 valence electrons. The van der Waals surface area contributed by atoms with Gasteiger partial charge in [0.1, 0.15) is 0 Å². The van der Waals surface area contributed by atoms with Gasteiger partial charge >= 0.3 is 0 Å². The predicted molar refractivity (Wildman–Crippen MR) is 283 cm³/mol. The number of nitrogen functional groups attached to an aromatic ring is 2. The van der Waals surface area contributed by atoms with Crippen LogP contribution in [0.4, 0.5) is 11.4 Å². The molecule has 4 N–H and O–H groups in total. The van der Waals surface area contributed by atoms with Gasteiger partial charge in [-0.3, -0.25) is 0 Å². The van der Waals surface area contributed by atoms with Gasteiger partial charge in [0.2, 0.25) is 0 Å². The highest BCUT2D eigenvalue weighted by Crippen LogP contribution is 2.39. The Balaban J connectivity index is 0.000000241. The molecule has 0 saturated carbocycles. The third-order valence-corrected chi connectivity index (χ3v) is 13.5. The molecule has 0 amide bonds. The van der Waals surface area contributed by atoms with Crippen LogP contribution in [-0.4, -0.2) is 0 Å². The Kier molecular flexibility index (Phi) is 17.3. The van der Waals surface area contributed by atoms with Crippen molar-refractivity contribution in [1.82, 2.24) is 0 Å². The number of nitrogens with two attached hydrogens (primary N) is 2. The highest BCUT2D eigenvalue weighted by atomic mass is 14.6. The fourth-order valence-electron chi connectivity index (χ4n) is 9.13. The molecule has 6 aromatic rings. The first kappa shape index (κ1) is 49.4. The van der Waals surface area contributed by atoms with Crippen molar-refractivity contribution in [2.75, 3.05) is 11.5 Å². The molecule has 0 heterocycles. The van der Waals surface area contributed by atoms with Gasteiger partial charge in [0.15, 0.2) is 0 Å². The quantitative estimate of drug-likeness (QED) is 0.0953. The van der Waals surface area contributed by atoms with Crippen molar-refractivity contribution in [1.29, 1.82) is 0 Å². The molecular formula is C62H78N2. The molecule has 2 nitrogen and oxygen atoms in total. The van der Waals surface area contributed by atoms with Crippen LogP contribution in [-0.2, 0) is 51.4 Å². The van der Waals surface area contributed by atoms with Gasteiger partial charge in [-0.1, -0.05) is 173 Å². The fourth-order valence-corrected chi connectivity index (χ4v) is 9.13. The molecule has 0 saturated heterocycles. The molecule has 2 heteroatoms. The van der Waals surface area contributed by atoms with Crippen molar-refractivity contribution >= 4 is 22.5 Å². The van der Waals surface area contributed by atoms with E-state index < -0.39 is 0 Å². The van der Waals surface area contributed by atoms with E-state index in [4.69, 9.17) is 11.5 Å². The largest absolute Gasteiger partial charge is 0.398 e. The van der Waals surface area contributed by atoms with Crippen LogP contribution in [0.25, 0.3) is 11.1 Å². The van der Waals surface area contributed by atoms with E-state index in [2.05, 4.69) is 193 Å². The van der Waals surface area contributed by atoms with Crippen molar-refractivity contribution in [3.63, 3.8) is 0 Å². The van der Waals surface area contributed by atoms with Gasteiger partial charge in [0.05, 0.1) is 0 Å². The molecule has 0 bridgehead atoms. The van der Waals surface area contributed by atoms with Gasteiger partial charge in [-0.05, 0) is 172 Å². The van der Waals surface area contributed by atoms with Crippen LogP contribution in [0.15, 0.2) is 110 Å². The lowest BCUT2D eigenvalue weighted by atomic mass is 9.82. The molecule has 0 unspecified atom stereocenters. The molecule has 6 rings (SSSR count). The number of aryl methyl sites for hydroxylation is 10. The van der Waals surface area contributed by atoms with Gasteiger partial charge in [0, 0.05) is 34.3 Å². The lowest BCUT2D eigenvalue weighted by Gasteiger charge is -2.23. The first-order chi connectivity index (χ1) is 30.6. The Morgan fingerprint density at radius 3 is 0.891 bits per heavy atom. The summed E-state index contributed by atoms with van der Waals surface area (Å²) in [5, 5.41) is 0. The van der Waals surface area contributed by atoms with E-state index in [1.807, 2.05) is 0 Å². The molecule has 2 atom stereocenters. The first-order valence-electron chi connectivity index (χ1n) is 24.3. The lowest BCUT2D eigenvalue weighted by Crippen LogP contribution is -2.09. The topological polar surface area (TPSA) is 52.0 Å². The summed E-state index contributed by atoms with van der Waals surface area (Å²) in [4.78, 5) is 0. The summed E-state index contributed by atoms with van der Waals surface area (Å²) in [5.74, 6) is 0.539. The van der Waals surface area contributed by atoms with E-state index in [1.165, 1.54) is 72.3 Å². The van der Waals surface area contributed by atoms with Crippen molar-refractivity contribution in [2.45, 2.75) is 146 Å². The third kappa shape index (κ3) is 11.6. The van der Waals surface area contributed by atoms with Gasteiger partial charge < -0.3 is 11.5 Å². The predicted octanol–water partition coefficient (Wildman–Crippen LogP) is 16.1. The zero-order chi connectivity index (χ0) is 46.8. The highest BCUT2D eigenvalue weighted by molar-refractivity contribution is 5.93. The van der Waals surface area contributed by atoms with Crippen molar-refractivity contribution in [3.8, 4) is 0 Å². The fraction of sp³-hybridized carbons (Fsp3) is 0.355. The van der Waals surface area contributed by atoms with Gasteiger partial charge in [0.25, 0.3) is 0 Å². The summed E-state index contributed by atoms with van der Waals surface area (Å²) in [6.45, 7) is 35.6. The van der Waals surface area contributed by atoms with Crippen molar-refractivity contribution < 1.29 is 0 Å². The van der Waals surface area contributed by atoms with Crippen LogP contribution < -0.4 is 11.5 Å². The zero-order valence-electron chi connectivity index (χ0n) is 41.6. The van der Waals surface area contributed by atoms with Crippen LogP contribution in [0.3, 0.4) is 0 Å². The Hall–Kier alpha value is -5.60. The van der Waals surface area contributed by atoms with Crippen molar-refractivity contribution in [2.24, 2.45) is 0 Å². The molecular weight excluding hydrogens is 773 g/mol. The minimum atomic E-state index is 0.269. The average Bonchev–Trinajstić information content (AvgIpc) is 3.33. The Bertz CT molecular complexity index is 2340. The summed E-state index contributed by atoms with van der Waals surface area (Å²) in [6, 6.07) is 36.6. The summed E-state index contributed by atoms with van der Waals surface area (Å²) >= 11 is 0. The van der Waals surface area contributed by atoms with E-state index in [-0.39, 0.29) is 11.8 Å². The maximum Gasteiger partial charge on any atom is 0.0473 e. The van der Waals surface area contributed by atoms with E-state index in [1.54, 1.807) is 0 Å². The number of benzene rings is 6. The third-order valence-electron chi connectivity index (χ3n) is 13.5. The second-order valence-electron chi connectivity index (χ2n) is 18.1. The molecule has 0 aromatic heterocycles. The number of anilines is 2. The van der Waals surface area contributed by atoms with Crippen LogP contribution in [0.2, 0.25) is 0 Å². The molecule has 0 fully saturated rings. The minimum absolute atomic E-state index is 0.269. The number of hydrogen-bond acceptors (Lipinski definition) is 2. The van der Waals surface area contributed by atoms with E-state index >= 15 is 0 Å². The van der Waals surface area contributed by atoms with Crippen LogP contribution in [0, 0.1) is 13.8 Å². The lowest BCUT2D eigenvalue weighted by molar-refractivity contribution is 0.879. The average molecular weight is 851 g/mol. The molecule has 0 aliphatic carbocycles. The number of rotatable bonds is 16. The Labute approximate surface area is 389 Å². The molecule has 0 radical (unpaired) electrons. The van der Waals surface area contributed by atoms with Gasteiger partial charge in [-0.25, -0.2) is 0 Å². The molecule has 0 aliphatic heterocycles. The summed E-state index contributed by atoms with van der Waals surface area (Å²) in [7, 11) is 0. The zero-order valence-corrected chi connectivity index (χ0v) is 41.6. The first-order valence-corrected chi connectivity index (χ1v) is 24.3. The summed E-state index contributed by atoms with van der Waals surface area (Å²) in [6.07, 6.45) is 8.28. The smallest absolute Gasteiger partial charge is 0.0473 e. The number of hydrogen-bond donors (Lipinski definition) is 2. The molecule has 0 aliphatic rings. The Morgan fingerprint density at radius 2 is 0.625 bits per heavy atom. The van der Waals surface area contributed by atoms with Crippen molar-refractivity contribution in [3.05, 3.63) is 210 Å².